The summed E-state index contributed by atoms with van der Waals surface area (Å²) in [6, 6.07) is 10.7. The third kappa shape index (κ3) is 4.11. The lowest BCUT2D eigenvalue weighted by atomic mass is 9.92. The van der Waals surface area contributed by atoms with Crippen molar-refractivity contribution in [1.29, 1.82) is 0 Å². The van der Waals surface area contributed by atoms with Crippen LogP contribution < -0.4 is 10.5 Å². The van der Waals surface area contributed by atoms with E-state index in [1.165, 1.54) is 21.0 Å². The summed E-state index contributed by atoms with van der Waals surface area (Å²) in [6.45, 7) is 3.69. The Balaban J connectivity index is 1.91. The second kappa shape index (κ2) is 8.61. The van der Waals surface area contributed by atoms with Gasteiger partial charge in [-0.05, 0) is 48.7 Å². The number of hydrogen-bond acceptors (Lipinski definition) is 5. The van der Waals surface area contributed by atoms with Crippen LogP contribution in [-0.4, -0.2) is 29.8 Å². The zero-order valence-corrected chi connectivity index (χ0v) is 15.5. The molecule has 0 unspecified atom stereocenters. The number of hydrogen-bond donors (Lipinski definition) is 2. The van der Waals surface area contributed by atoms with Crippen molar-refractivity contribution in [2.75, 3.05) is 19.8 Å². The van der Waals surface area contributed by atoms with Gasteiger partial charge >= 0.3 is 0 Å². The van der Waals surface area contributed by atoms with Crippen molar-refractivity contribution in [3.8, 4) is 5.19 Å². The topological polar surface area (TPSA) is 68.4 Å². The summed E-state index contributed by atoms with van der Waals surface area (Å²) >= 11 is 1.62. The Morgan fingerprint density at radius 1 is 1.24 bits per heavy atom. The molecule has 0 saturated carbocycles. The number of aliphatic hydroxyl groups is 1. The van der Waals surface area contributed by atoms with E-state index in [2.05, 4.69) is 42.2 Å². The molecule has 2 aromatic carbocycles. The summed E-state index contributed by atoms with van der Waals surface area (Å²) in [7, 11) is 0. The normalized spacial score (nSPS) is 12.8. The molecule has 0 fully saturated rings. The number of nitrogens with two attached hydrogens (primary N) is 1. The molecule has 134 valence electrons. The fourth-order valence-electron chi connectivity index (χ4n) is 3.09. The second-order valence-electron chi connectivity index (χ2n) is 6.37. The highest BCUT2D eigenvalue weighted by atomic mass is 32.1. The summed E-state index contributed by atoms with van der Waals surface area (Å²) in [5, 5.41) is 12.2. The number of nitrogens with zero attached hydrogens (tertiary/aromatic N) is 1. The number of thiazole rings is 1. The molecule has 1 heterocycles. The minimum atomic E-state index is 0.215. The zero-order chi connectivity index (χ0) is 17.6. The zero-order valence-electron chi connectivity index (χ0n) is 14.7. The Morgan fingerprint density at radius 2 is 2.12 bits per heavy atom. The highest BCUT2D eigenvalue weighted by Gasteiger charge is 2.13. The average molecular weight is 359 g/mol. The molecule has 0 saturated heterocycles. The second-order valence-corrected chi connectivity index (χ2v) is 7.34. The van der Waals surface area contributed by atoms with Crippen LogP contribution in [0.1, 0.15) is 44.1 Å². The maximum Gasteiger partial charge on any atom is 0.274 e. The number of fused-ring (bicyclic) bond motifs is 3. The van der Waals surface area contributed by atoms with E-state index in [0.29, 0.717) is 12.5 Å². The van der Waals surface area contributed by atoms with Crippen LogP contribution in [0, 0.1) is 0 Å². The number of aromatic nitrogens is 1. The van der Waals surface area contributed by atoms with Crippen molar-refractivity contribution in [3.05, 3.63) is 35.9 Å². The van der Waals surface area contributed by atoms with E-state index in [1.807, 2.05) is 0 Å². The molecule has 0 radical (unpaired) electrons. The highest BCUT2D eigenvalue weighted by Crippen LogP contribution is 2.35. The SMILES string of the molecule is CCCCOc1nc2ccc3cc([C@H](CN)CCCO)ccc3c2s1. The Labute approximate surface area is 152 Å². The van der Waals surface area contributed by atoms with E-state index in [1.54, 1.807) is 11.3 Å². The van der Waals surface area contributed by atoms with Gasteiger partial charge in [-0.1, -0.05) is 48.9 Å². The maximum absolute atomic E-state index is 9.07. The van der Waals surface area contributed by atoms with Crippen molar-refractivity contribution in [2.45, 2.75) is 38.5 Å². The lowest BCUT2D eigenvalue weighted by Gasteiger charge is -2.15. The van der Waals surface area contributed by atoms with Crippen LogP contribution in [0.2, 0.25) is 0 Å². The minimum absolute atomic E-state index is 0.215. The van der Waals surface area contributed by atoms with Gasteiger partial charge in [0, 0.05) is 12.0 Å². The molecule has 3 N–H and O–H groups in total. The maximum atomic E-state index is 9.07. The van der Waals surface area contributed by atoms with E-state index >= 15 is 0 Å². The van der Waals surface area contributed by atoms with Gasteiger partial charge in [-0.3, -0.25) is 0 Å². The highest BCUT2D eigenvalue weighted by molar-refractivity contribution is 7.21. The van der Waals surface area contributed by atoms with Crippen molar-refractivity contribution >= 4 is 32.3 Å². The molecule has 0 bridgehead atoms. The Morgan fingerprint density at radius 3 is 2.88 bits per heavy atom. The van der Waals surface area contributed by atoms with Gasteiger partial charge in [-0.2, -0.15) is 0 Å². The van der Waals surface area contributed by atoms with E-state index in [-0.39, 0.29) is 6.61 Å². The Kier molecular flexibility index (Phi) is 6.24. The lowest BCUT2D eigenvalue weighted by Crippen LogP contribution is -2.13. The van der Waals surface area contributed by atoms with Crippen molar-refractivity contribution in [3.63, 3.8) is 0 Å². The van der Waals surface area contributed by atoms with Gasteiger partial charge in [-0.15, -0.1) is 0 Å². The predicted molar refractivity (Wildman–Crippen MR) is 106 cm³/mol. The molecule has 5 heteroatoms. The van der Waals surface area contributed by atoms with Crippen LogP contribution in [0.15, 0.2) is 30.3 Å². The molecular weight excluding hydrogens is 332 g/mol. The first kappa shape index (κ1) is 18.1. The largest absolute Gasteiger partial charge is 0.470 e. The van der Waals surface area contributed by atoms with Gasteiger partial charge < -0.3 is 15.6 Å². The molecule has 0 aliphatic heterocycles. The van der Waals surface area contributed by atoms with Crippen LogP contribution >= 0.6 is 11.3 Å². The quantitative estimate of drug-likeness (QED) is 0.555. The molecule has 0 aliphatic carbocycles. The number of aliphatic hydroxyl groups excluding tert-OH is 1. The van der Waals surface area contributed by atoms with Gasteiger partial charge in [0.05, 0.1) is 16.8 Å². The molecule has 1 aromatic heterocycles. The molecule has 3 aromatic rings. The number of rotatable bonds is 9. The van der Waals surface area contributed by atoms with Crippen molar-refractivity contribution < 1.29 is 9.84 Å². The summed E-state index contributed by atoms with van der Waals surface area (Å²) in [5.41, 5.74) is 8.17. The molecule has 0 aliphatic rings. The molecule has 4 nitrogen and oxygen atoms in total. The molecule has 25 heavy (non-hydrogen) atoms. The Bertz CT molecular complexity index is 831. The van der Waals surface area contributed by atoms with Gasteiger partial charge in [0.2, 0.25) is 0 Å². The van der Waals surface area contributed by atoms with Gasteiger partial charge in [0.25, 0.3) is 5.19 Å². The first-order valence-electron chi connectivity index (χ1n) is 9.03. The van der Waals surface area contributed by atoms with Crippen LogP contribution in [-0.2, 0) is 0 Å². The minimum Gasteiger partial charge on any atom is -0.470 e. The lowest BCUT2D eigenvalue weighted by molar-refractivity contribution is 0.280. The molecule has 3 rings (SSSR count). The van der Waals surface area contributed by atoms with Crippen LogP contribution in [0.5, 0.6) is 5.19 Å². The third-order valence-electron chi connectivity index (χ3n) is 4.56. The van der Waals surface area contributed by atoms with E-state index in [9.17, 15) is 0 Å². The number of ether oxygens (including phenoxy) is 1. The number of unbranched alkanes of at least 4 members (excludes halogenated alkanes) is 1. The van der Waals surface area contributed by atoms with Gasteiger partial charge in [0.1, 0.15) is 0 Å². The summed E-state index contributed by atoms with van der Waals surface area (Å²) < 4.78 is 6.95. The molecule has 0 spiro atoms. The number of benzene rings is 2. The standard InChI is InChI=1S/C20H26N2O2S/c1-2-3-11-24-20-22-18-9-7-15-12-14(16(13-21)5-4-10-23)6-8-17(15)19(18)25-20/h6-9,12,16,23H,2-5,10-11,13,21H2,1H3/t16-/m0/s1. The smallest absolute Gasteiger partial charge is 0.274 e. The Hall–Kier alpha value is -1.69. The fraction of sp³-hybridized carbons (Fsp3) is 0.450. The van der Waals surface area contributed by atoms with E-state index in [0.717, 1.165) is 43.0 Å². The first-order chi connectivity index (χ1) is 12.3. The molecule has 1 atom stereocenters. The van der Waals surface area contributed by atoms with Crippen LogP contribution in [0.4, 0.5) is 0 Å². The predicted octanol–water partition coefficient (Wildman–Crippen LogP) is 4.44. The first-order valence-corrected chi connectivity index (χ1v) is 9.85. The van der Waals surface area contributed by atoms with Gasteiger partial charge in [-0.25, -0.2) is 4.98 Å². The van der Waals surface area contributed by atoms with Gasteiger partial charge in [0.15, 0.2) is 0 Å². The van der Waals surface area contributed by atoms with Crippen molar-refractivity contribution in [1.82, 2.24) is 4.98 Å². The van der Waals surface area contributed by atoms with E-state index in [4.69, 9.17) is 15.6 Å². The molecule has 0 amide bonds. The third-order valence-corrected chi connectivity index (χ3v) is 5.58. The monoisotopic (exact) mass is 358 g/mol. The van der Waals surface area contributed by atoms with E-state index < -0.39 is 0 Å². The van der Waals surface area contributed by atoms with Crippen LogP contribution in [0.3, 0.4) is 0 Å². The summed E-state index contributed by atoms with van der Waals surface area (Å²) in [4.78, 5) is 4.60. The molecular formula is C20H26N2O2S. The van der Waals surface area contributed by atoms with Crippen LogP contribution in [0.25, 0.3) is 21.0 Å². The fourth-order valence-corrected chi connectivity index (χ4v) is 4.06. The summed E-state index contributed by atoms with van der Waals surface area (Å²) in [5.74, 6) is 0.293. The summed E-state index contributed by atoms with van der Waals surface area (Å²) in [6.07, 6.45) is 3.87. The van der Waals surface area contributed by atoms with Crippen molar-refractivity contribution in [2.24, 2.45) is 5.73 Å². The average Bonchev–Trinajstić information content (AvgIpc) is 3.05.